The Bertz CT molecular complexity index is 696. The number of halogens is 6. The molecule has 1 N–H and O–H groups in total. The minimum atomic E-state index is -4.86. The van der Waals surface area contributed by atoms with Gasteiger partial charge in [0, 0.05) is 22.7 Å². The molecule has 0 aromatic heterocycles. The van der Waals surface area contributed by atoms with Crippen LogP contribution in [0.1, 0.15) is 25.3 Å². The second-order valence-corrected chi connectivity index (χ2v) is 6.91. The Hall–Kier alpha value is -1.42. The van der Waals surface area contributed by atoms with Crippen LogP contribution in [-0.2, 0) is 9.53 Å². The lowest BCUT2D eigenvalue weighted by atomic mass is 9.77. The highest BCUT2D eigenvalue weighted by Gasteiger charge is 2.66. The second kappa shape index (κ2) is 7.30. The third-order valence-corrected chi connectivity index (χ3v) is 5.00. The molecule has 146 valence electrons. The van der Waals surface area contributed by atoms with Gasteiger partial charge >= 0.3 is 12.1 Å². The highest BCUT2D eigenvalue weighted by atomic mass is 79.9. The fourth-order valence-corrected chi connectivity index (χ4v) is 3.27. The zero-order valence-electron chi connectivity index (χ0n) is 13.7. The summed E-state index contributed by atoms with van der Waals surface area (Å²) in [7, 11) is 0. The summed E-state index contributed by atoms with van der Waals surface area (Å²) >= 11 is 3.04. The summed E-state index contributed by atoms with van der Waals surface area (Å²) in [6.45, 7) is 1.81. The summed E-state index contributed by atoms with van der Waals surface area (Å²) in [4.78, 5) is 11.5. The smallest absolute Gasteiger partial charge is 0.417 e. The summed E-state index contributed by atoms with van der Waals surface area (Å²) in [5.74, 6) is -7.66. The molecule has 0 saturated carbocycles. The van der Waals surface area contributed by atoms with E-state index < -0.39 is 53.1 Å². The van der Waals surface area contributed by atoms with Gasteiger partial charge in [-0.1, -0.05) is 28.9 Å². The lowest BCUT2D eigenvalue weighted by Crippen LogP contribution is -2.47. The van der Waals surface area contributed by atoms with Gasteiger partial charge in [-0.25, -0.2) is 9.18 Å². The van der Waals surface area contributed by atoms with Crippen LogP contribution in [0.25, 0.3) is 0 Å². The Kier molecular flexibility index (Phi) is 5.86. The van der Waals surface area contributed by atoms with Crippen molar-refractivity contribution < 1.29 is 41.3 Å². The van der Waals surface area contributed by atoms with E-state index in [0.29, 0.717) is 0 Å². The predicted octanol–water partition coefficient (Wildman–Crippen LogP) is 4.26. The zero-order chi connectivity index (χ0) is 19.9. The molecule has 0 amide bonds. The normalized spacial score (nSPS) is 29.0. The standard InChI is InChI=1S/C16H16BrF5O4/c1-7-10(13(14(23)24)26-15(7,2)16(20,21)22)8-3-4-9(18)11(19)12(8)25-6-5-17/h3-4,7,10,13H,5-6H2,1-2H3,(H,23,24)/t7-,10-,13+,15+/m0/s1. The number of hydrogen-bond donors (Lipinski definition) is 1. The summed E-state index contributed by atoms with van der Waals surface area (Å²) in [5, 5.41) is 9.59. The Balaban J connectivity index is 2.61. The maximum absolute atomic E-state index is 14.2. The molecule has 26 heavy (non-hydrogen) atoms. The van der Waals surface area contributed by atoms with Crippen LogP contribution in [0.5, 0.6) is 5.75 Å². The molecular weight excluding hydrogens is 431 g/mol. The van der Waals surface area contributed by atoms with Gasteiger partial charge in [0.2, 0.25) is 5.82 Å². The molecule has 0 bridgehead atoms. The highest BCUT2D eigenvalue weighted by molar-refractivity contribution is 9.09. The summed E-state index contributed by atoms with van der Waals surface area (Å²) < 4.78 is 78.2. The molecule has 10 heteroatoms. The lowest BCUT2D eigenvalue weighted by Gasteiger charge is -2.32. The summed E-state index contributed by atoms with van der Waals surface area (Å²) in [6.07, 6.45) is -6.75. The van der Waals surface area contributed by atoms with Crippen LogP contribution in [0, 0.1) is 17.6 Å². The molecule has 1 heterocycles. The van der Waals surface area contributed by atoms with E-state index in [2.05, 4.69) is 15.9 Å². The Labute approximate surface area is 154 Å². The quantitative estimate of drug-likeness (QED) is 0.542. The molecule has 1 fully saturated rings. The topological polar surface area (TPSA) is 55.8 Å². The van der Waals surface area contributed by atoms with Crippen LogP contribution in [-0.4, -0.2) is 40.9 Å². The Morgan fingerprint density at radius 1 is 1.38 bits per heavy atom. The van der Waals surface area contributed by atoms with E-state index in [9.17, 15) is 31.9 Å². The van der Waals surface area contributed by atoms with Crippen LogP contribution >= 0.6 is 15.9 Å². The number of carboxylic acids is 1. The lowest BCUT2D eigenvalue weighted by molar-refractivity contribution is -0.273. The molecule has 0 radical (unpaired) electrons. The van der Waals surface area contributed by atoms with Crippen molar-refractivity contribution in [1.82, 2.24) is 0 Å². The van der Waals surface area contributed by atoms with E-state index in [-0.39, 0.29) is 17.5 Å². The van der Waals surface area contributed by atoms with Gasteiger partial charge in [0.15, 0.2) is 23.3 Å². The molecule has 2 rings (SSSR count). The predicted molar refractivity (Wildman–Crippen MR) is 84.5 cm³/mol. The Morgan fingerprint density at radius 2 is 2.00 bits per heavy atom. The SMILES string of the molecule is C[C@H]1[C@@H](c2ccc(F)c(F)c2OCCBr)[C@H](C(=O)O)O[C@@]1(C)C(F)(F)F. The third-order valence-electron chi connectivity index (χ3n) is 4.67. The number of carbonyl (C=O) groups is 1. The number of rotatable bonds is 5. The first-order chi connectivity index (χ1) is 12.0. The van der Waals surface area contributed by atoms with Crippen LogP contribution in [0.2, 0.25) is 0 Å². The summed E-state index contributed by atoms with van der Waals surface area (Å²) in [5.41, 5.74) is -2.95. The van der Waals surface area contributed by atoms with Gasteiger partial charge in [0.1, 0.15) is 0 Å². The first-order valence-corrected chi connectivity index (χ1v) is 8.71. The fourth-order valence-electron chi connectivity index (χ4n) is 3.11. The maximum atomic E-state index is 14.2. The molecule has 0 spiro atoms. The molecule has 0 aliphatic carbocycles. The number of aliphatic carboxylic acids is 1. The molecule has 0 unspecified atom stereocenters. The van der Waals surface area contributed by atoms with Crippen LogP contribution in [0.4, 0.5) is 22.0 Å². The monoisotopic (exact) mass is 446 g/mol. The van der Waals surface area contributed by atoms with E-state index in [4.69, 9.17) is 9.47 Å². The van der Waals surface area contributed by atoms with Crippen molar-refractivity contribution in [1.29, 1.82) is 0 Å². The number of hydrogen-bond acceptors (Lipinski definition) is 3. The summed E-state index contributed by atoms with van der Waals surface area (Å²) in [6, 6.07) is 1.76. The molecule has 4 atom stereocenters. The van der Waals surface area contributed by atoms with Crippen molar-refractivity contribution >= 4 is 21.9 Å². The van der Waals surface area contributed by atoms with Crippen molar-refractivity contribution in [3.05, 3.63) is 29.3 Å². The van der Waals surface area contributed by atoms with Gasteiger partial charge in [-0.2, -0.15) is 17.6 Å². The van der Waals surface area contributed by atoms with Crippen LogP contribution < -0.4 is 4.74 Å². The number of alkyl halides is 4. The first-order valence-electron chi connectivity index (χ1n) is 7.59. The molecule has 1 aliphatic rings. The minimum absolute atomic E-state index is 0.0936. The van der Waals surface area contributed by atoms with Gasteiger partial charge in [-0.3, -0.25) is 0 Å². The molecule has 1 aliphatic heterocycles. The van der Waals surface area contributed by atoms with Gasteiger partial charge < -0.3 is 14.6 Å². The van der Waals surface area contributed by atoms with Crippen molar-refractivity contribution in [2.75, 3.05) is 11.9 Å². The Morgan fingerprint density at radius 3 is 2.50 bits per heavy atom. The average molecular weight is 447 g/mol. The molecule has 4 nitrogen and oxygen atoms in total. The highest BCUT2D eigenvalue weighted by Crippen LogP contribution is 2.54. The first kappa shape index (κ1) is 20.9. The van der Waals surface area contributed by atoms with Gasteiger partial charge in [0.25, 0.3) is 0 Å². The molecular formula is C16H16BrF5O4. The fraction of sp³-hybridized carbons (Fsp3) is 0.562. The second-order valence-electron chi connectivity index (χ2n) is 6.11. The van der Waals surface area contributed by atoms with E-state index in [1.54, 1.807) is 0 Å². The van der Waals surface area contributed by atoms with E-state index in [1.165, 1.54) is 0 Å². The average Bonchev–Trinajstić information content (AvgIpc) is 2.82. The van der Waals surface area contributed by atoms with Gasteiger partial charge in [-0.15, -0.1) is 0 Å². The third kappa shape index (κ3) is 3.40. The van der Waals surface area contributed by atoms with E-state index in [0.717, 1.165) is 26.0 Å². The minimum Gasteiger partial charge on any atom is -0.489 e. The maximum Gasteiger partial charge on any atom is 0.417 e. The molecule has 1 saturated heterocycles. The van der Waals surface area contributed by atoms with Crippen molar-refractivity contribution in [3.8, 4) is 5.75 Å². The van der Waals surface area contributed by atoms with Crippen molar-refractivity contribution in [3.63, 3.8) is 0 Å². The van der Waals surface area contributed by atoms with Crippen molar-refractivity contribution in [2.45, 2.75) is 37.6 Å². The number of benzene rings is 1. The molecule has 1 aromatic carbocycles. The van der Waals surface area contributed by atoms with Crippen LogP contribution in [0.3, 0.4) is 0 Å². The number of carboxylic acid groups (broad SMARTS) is 1. The number of ether oxygens (including phenoxy) is 2. The zero-order valence-corrected chi connectivity index (χ0v) is 15.3. The largest absolute Gasteiger partial charge is 0.489 e. The van der Waals surface area contributed by atoms with Gasteiger partial charge in [-0.05, 0) is 13.0 Å². The van der Waals surface area contributed by atoms with E-state index >= 15 is 0 Å². The van der Waals surface area contributed by atoms with Gasteiger partial charge in [0.05, 0.1) is 6.61 Å². The molecule has 1 aromatic rings. The van der Waals surface area contributed by atoms with Crippen molar-refractivity contribution in [2.24, 2.45) is 5.92 Å². The van der Waals surface area contributed by atoms with E-state index in [1.807, 2.05) is 0 Å². The van der Waals surface area contributed by atoms with Crippen LogP contribution in [0.15, 0.2) is 12.1 Å².